The van der Waals surface area contributed by atoms with Gasteiger partial charge >= 0.3 is 0 Å². The Bertz CT molecular complexity index is 1000. The van der Waals surface area contributed by atoms with E-state index in [1.807, 2.05) is 6.92 Å². The van der Waals surface area contributed by atoms with E-state index in [9.17, 15) is 18.0 Å². The van der Waals surface area contributed by atoms with E-state index in [4.69, 9.17) is 4.74 Å². The summed E-state index contributed by atoms with van der Waals surface area (Å²) in [5.74, 6) is 0.0454. The maximum absolute atomic E-state index is 12.6. The van der Waals surface area contributed by atoms with Crippen LogP contribution in [0.3, 0.4) is 0 Å². The molecule has 1 N–H and O–H groups in total. The topological polar surface area (TPSA) is 111 Å². The van der Waals surface area contributed by atoms with Crippen molar-refractivity contribution in [1.82, 2.24) is 19.2 Å². The van der Waals surface area contributed by atoms with Crippen molar-refractivity contribution < 1.29 is 17.9 Å². The molecule has 2 heterocycles. The summed E-state index contributed by atoms with van der Waals surface area (Å²) in [7, 11) is -3.72. The van der Waals surface area contributed by atoms with E-state index in [0.717, 1.165) is 16.2 Å². The zero-order valence-electron chi connectivity index (χ0n) is 16.8. The van der Waals surface area contributed by atoms with Gasteiger partial charge in [0, 0.05) is 44.2 Å². The Morgan fingerprint density at radius 2 is 1.93 bits per heavy atom. The van der Waals surface area contributed by atoms with E-state index in [2.05, 4.69) is 10.3 Å². The number of carbonyl (C=O) groups is 1. The number of pyridine rings is 2. The quantitative estimate of drug-likeness (QED) is 0.611. The number of amides is 1. The number of nitrogens with one attached hydrogen (secondary N) is 1. The minimum Gasteiger partial charge on any atom is -0.478 e. The highest BCUT2D eigenvalue weighted by molar-refractivity contribution is 7.89. The number of aromatic nitrogens is 2. The third-order valence-corrected chi connectivity index (χ3v) is 6.23. The third kappa shape index (κ3) is 5.88. The van der Waals surface area contributed by atoms with E-state index in [0.29, 0.717) is 25.6 Å². The number of nitrogens with zero attached hydrogens (tertiary/aromatic N) is 3. The molecule has 1 amide bonds. The molecule has 0 saturated heterocycles. The summed E-state index contributed by atoms with van der Waals surface area (Å²) < 4.78 is 33.0. The molecule has 10 heteroatoms. The molecule has 0 fully saturated rings. The normalized spacial score (nSPS) is 11.4. The Labute approximate surface area is 170 Å². The molecule has 0 aromatic carbocycles. The summed E-state index contributed by atoms with van der Waals surface area (Å²) in [6.07, 6.45) is 2.79. The minimum atomic E-state index is -3.72. The van der Waals surface area contributed by atoms with Crippen LogP contribution < -0.4 is 15.6 Å². The maximum atomic E-state index is 12.6. The van der Waals surface area contributed by atoms with Crippen molar-refractivity contribution >= 4 is 15.9 Å². The van der Waals surface area contributed by atoms with E-state index >= 15 is 0 Å². The number of hydrogen-bond donors (Lipinski definition) is 1. The number of hydrogen-bond acceptors (Lipinski definition) is 6. The van der Waals surface area contributed by atoms with Crippen LogP contribution in [0.1, 0.15) is 26.3 Å². The van der Waals surface area contributed by atoms with E-state index in [-0.39, 0.29) is 18.0 Å². The van der Waals surface area contributed by atoms with Crippen LogP contribution in [0.4, 0.5) is 0 Å². The standard InChI is InChI=1S/C19H26N4O5S/c1-4-23(5-2)29(26,27)16-7-8-19(25)22(13-16)14-17(24)21-12-15-9-10-20-18(11-15)28-6-3/h7-11,13H,4-6,12,14H2,1-3H3,(H,21,24). The lowest BCUT2D eigenvalue weighted by molar-refractivity contribution is -0.121. The molecule has 2 rings (SSSR count). The van der Waals surface area contributed by atoms with Crippen LogP contribution >= 0.6 is 0 Å². The second-order valence-electron chi connectivity index (χ2n) is 6.13. The number of rotatable bonds is 10. The first-order chi connectivity index (χ1) is 13.8. The van der Waals surface area contributed by atoms with Gasteiger partial charge in [-0.1, -0.05) is 13.8 Å². The molecule has 29 heavy (non-hydrogen) atoms. The Balaban J connectivity index is 2.10. The first-order valence-electron chi connectivity index (χ1n) is 9.36. The molecule has 0 radical (unpaired) electrons. The predicted octanol–water partition coefficient (Wildman–Crippen LogP) is 0.989. The molecule has 0 aliphatic rings. The lowest BCUT2D eigenvalue weighted by Crippen LogP contribution is -2.34. The van der Waals surface area contributed by atoms with Crippen molar-refractivity contribution in [2.75, 3.05) is 19.7 Å². The van der Waals surface area contributed by atoms with Gasteiger partial charge in [0.1, 0.15) is 6.54 Å². The van der Waals surface area contributed by atoms with Crippen molar-refractivity contribution in [3.8, 4) is 5.88 Å². The van der Waals surface area contributed by atoms with Gasteiger partial charge in [-0.15, -0.1) is 0 Å². The fourth-order valence-corrected chi connectivity index (χ4v) is 4.18. The van der Waals surface area contributed by atoms with Crippen LogP contribution in [0.5, 0.6) is 5.88 Å². The number of ether oxygens (including phenoxy) is 1. The van der Waals surface area contributed by atoms with Gasteiger partial charge in [0.05, 0.1) is 11.5 Å². The van der Waals surface area contributed by atoms with Crippen molar-refractivity contribution in [3.05, 3.63) is 52.6 Å². The van der Waals surface area contributed by atoms with E-state index < -0.39 is 21.5 Å². The SMILES string of the molecule is CCOc1cc(CNC(=O)Cn2cc(S(=O)(=O)N(CC)CC)ccc2=O)ccn1. The van der Waals surface area contributed by atoms with E-state index in [1.165, 1.54) is 16.6 Å². The first kappa shape index (κ1) is 22.6. The van der Waals surface area contributed by atoms with Crippen LogP contribution in [0.2, 0.25) is 0 Å². The predicted molar refractivity (Wildman–Crippen MR) is 108 cm³/mol. The summed E-state index contributed by atoms with van der Waals surface area (Å²) in [5, 5.41) is 2.71. The van der Waals surface area contributed by atoms with Crippen molar-refractivity contribution in [1.29, 1.82) is 0 Å². The average molecular weight is 423 g/mol. The van der Waals surface area contributed by atoms with Gasteiger partial charge < -0.3 is 14.6 Å². The van der Waals surface area contributed by atoms with Crippen LogP contribution in [0.25, 0.3) is 0 Å². The van der Waals surface area contributed by atoms with Gasteiger partial charge in [0.2, 0.25) is 21.8 Å². The summed E-state index contributed by atoms with van der Waals surface area (Å²) in [6, 6.07) is 5.87. The monoisotopic (exact) mass is 422 g/mol. The molecule has 0 aliphatic carbocycles. The largest absolute Gasteiger partial charge is 0.478 e. The first-order valence-corrected chi connectivity index (χ1v) is 10.8. The summed E-state index contributed by atoms with van der Waals surface area (Å²) in [5.41, 5.74) is 0.336. The van der Waals surface area contributed by atoms with Crippen LogP contribution in [0.15, 0.2) is 46.3 Å². The highest BCUT2D eigenvalue weighted by Crippen LogP contribution is 2.13. The van der Waals surface area contributed by atoms with Gasteiger partial charge in [-0.05, 0) is 24.6 Å². The number of sulfonamides is 1. The average Bonchev–Trinajstić information content (AvgIpc) is 2.69. The highest BCUT2D eigenvalue weighted by Gasteiger charge is 2.22. The minimum absolute atomic E-state index is 0.0240. The van der Waals surface area contributed by atoms with Gasteiger partial charge in [-0.3, -0.25) is 9.59 Å². The molecule has 2 aromatic rings. The molecule has 0 saturated carbocycles. The maximum Gasteiger partial charge on any atom is 0.251 e. The van der Waals surface area contributed by atoms with Gasteiger partial charge in [-0.25, -0.2) is 13.4 Å². The van der Waals surface area contributed by atoms with E-state index in [1.54, 1.807) is 32.2 Å². The Kier molecular flexibility index (Phi) is 7.91. The molecular formula is C19H26N4O5S. The summed E-state index contributed by atoms with van der Waals surface area (Å²) >= 11 is 0. The number of carbonyl (C=O) groups excluding carboxylic acids is 1. The molecule has 9 nitrogen and oxygen atoms in total. The molecule has 0 spiro atoms. The lowest BCUT2D eigenvalue weighted by Gasteiger charge is -2.19. The molecule has 158 valence electrons. The summed E-state index contributed by atoms with van der Waals surface area (Å²) in [6.45, 7) is 6.38. The summed E-state index contributed by atoms with van der Waals surface area (Å²) in [4.78, 5) is 28.4. The van der Waals surface area contributed by atoms with Crippen LogP contribution in [-0.4, -0.2) is 47.9 Å². The van der Waals surface area contributed by atoms with Crippen molar-refractivity contribution in [2.45, 2.75) is 38.8 Å². The molecule has 0 aliphatic heterocycles. The van der Waals surface area contributed by atoms with Gasteiger partial charge in [-0.2, -0.15) is 4.31 Å². The Hall–Kier alpha value is -2.72. The van der Waals surface area contributed by atoms with Crippen LogP contribution in [-0.2, 0) is 27.9 Å². The molecule has 0 unspecified atom stereocenters. The molecule has 0 atom stereocenters. The van der Waals surface area contributed by atoms with Gasteiger partial charge in [0.25, 0.3) is 5.56 Å². The fraction of sp³-hybridized carbons (Fsp3) is 0.421. The highest BCUT2D eigenvalue weighted by atomic mass is 32.2. The molecular weight excluding hydrogens is 396 g/mol. The smallest absolute Gasteiger partial charge is 0.251 e. The van der Waals surface area contributed by atoms with Gasteiger partial charge in [0.15, 0.2) is 0 Å². The molecule has 2 aromatic heterocycles. The third-order valence-electron chi connectivity index (χ3n) is 4.19. The van der Waals surface area contributed by atoms with Crippen molar-refractivity contribution in [3.63, 3.8) is 0 Å². The van der Waals surface area contributed by atoms with Crippen molar-refractivity contribution in [2.24, 2.45) is 0 Å². The lowest BCUT2D eigenvalue weighted by atomic mass is 10.2. The Morgan fingerprint density at radius 1 is 1.21 bits per heavy atom. The Morgan fingerprint density at radius 3 is 2.59 bits per heavy atom. The van der Waals surface area contributed by atoms with Crippen LogP contribution in [0, 0.1) is 0 Å². The zero-order chi connectivity index (χ0) is 21.4. The second-order valence-corrected chi connectivity index (χ2v) is 8.07. The second kappa shape index (κ2) is 10.2. The molecule has 0 bridgehead atoms. The fourth-order valence-electron chi connectivity index (χ4n) is 2.70. The zero-order valence-corrected chi connectivity index (χ0v) is 17.6.